The van der Waals surface area contributed by atoms with Crippen molar-refractivity contribution in [3.63, 3.8) is 0 Å². The third-order valence-electron chi connectivity index (χ3n) is 15.6. The normalized spacial score (nSPS) is 14.3. The molecule has 0 fully saturated rings. The molecule has 3 N–H and O–H groups in total. The molecule has 5 atom stereocenters. The van der Waals surface area contributed by atoms with E-state index in [1.54, 1.807) is 0 Å². The van der Waals surface area contributed by atoms with E-state index < -0.39 is 97.5 Å². The van der Waals surface area contributed by atoms with E-state index in [9.17, 15) is 43.2 Å². The maximum Gasteiger partial charge on any atom is 0.472 e. The number of hydrogen-bond acceptors (Lipinski definition) is 15. The quantitative estimate of drug-likeness (QED) is 0.0222. The van der Waals surface area contributed by atoms with Gasteiger partial charge in [0.25, 0.3) is 0 Å². The molecule has 0 amide bonds. The predicted molar refractivity (Wildman–Crippen MR) is 349 cm³/mol. The summed E-state index contributed by atoms with van der Waals surface area (Å²) in [7, 11) is -9.90. The number of hydrogen-bond donors (Lipinski definition) is 3. The first-order valence-corrected chi connectivity index (χ1v) is 38.3. The van der Waals surface area contributed by atoms with Crippen LogP contribution in [0.3, 0.4) is 0 Å². The molecule has 0 spiro atoms. The second kappa shape index (κ2) is 59.1. The first-order valence-electron chi connectivity index (χ1n) is 35.3. The lowest BCUT2D eigenvalue weighted by Gasteiger charge is -2.21. The molecule has 0 bridgehead atoms. The lowest BCUT2D eigenvalue weighted by Crippen LogP contribution is -2.30. The SMILES string of the molecule is CCCCCCCCCCCCCCCC(=O)O[C@H](COC(=O)CCCCCCCCCCCC(C)C)COP(=O)(O)OC[C@@H](O)COP(=O)(O)OC[C@@H](COC(=O)CCCCCCCCCC(C)C)OC(=O)CCCCCCCCCCCC(C)C. The molecule has 0 saturated carbocycles. The summed E-state index contributed by atoms with van der Waals surface area (Å²) in [5, 5.41) is 10.6. The first-order chi connectivity index (χ1) is 41.7. The summed E-state index contributed by atoms with van der Waals surface area (Å²) in [5.74, 6) is 0.0559. The zero-order chi connectivity index (χ0) is 64.5. The molecule has 0 aromatic heterocycles. The molecular weight excluding hydrogens is 1150 g/mol. The van der Waals surface area contributed by atoms with Crippen LogP contribution in [-0.4, -0.2) is 96.7 Å². The minimum Gasteiger partial charge on any atom is -0.462 e. The van der Waals surface area contributed by atoms with Crippen LogP contribution >= 0.6 is 15.6 Å². The third-order valence-corrected chi connectivity index (χ3v) is 17.5. The lowest BCUT2D eigenvalue weighted by molar-refractivity contribution is -0.161. The van der Waals surface area contributed by atoms with Crippen molar-refractivity contribution in [2.75, 3.05) is 39.6 Å². The summed E-state index contributed by atoms with van der Waals surface area (Å²) in [6, 6.07) is 0. The summed E-state index contributed by atoms with van der Waals surface area (Å²) in [4.78, 5) is 72.4. The van der Waals surface area contributed by atoms with Crippen molar-refractivity contribution in [3.8, 4) is 0 Å². The molecule has 17 nitrogen and oxygen atoms in total. The van der Waals surface area contributed by atoms with Crippen molar-refractivity contribution >= 4 is 39.5 Å². The molecule has 0 aliphatic rings. The Kier molecular flexibility index (Phi) is 57.8. The van der Waals surface area contributed by atoms with Crippen LogP contribution < -0.4 is 0 Å². The Hall–Kier alpha value is -1.94. The largest absolute Gasteiger partial charge is 0.472 e. The predicted octanol–water partition coefficient (Wildman–Crippen LogP) is 19.1. The second-order valence-corrected chi connectivity index (χ2v) is 28.9. The molecule has 0 saturated heterocycles. The van der Waals surface area contributed by atoms with Crippen LogP contribution in [-0.2, 0) is 65.4 Å². The molecule has 2 unspecified atom stereocenters. The average Bonchev–Trinajstić information content (AvgIpc) is 3.52. The van der Waals surface area contributed by atoms with Crippen LogP contribution in [0.25, 0.3) is 0 Å². The fourth-order valence-corrected chi connectivity index (χ4v) is 11.8. The number of carbonyl (C=O) groups is 4. The summed E-state index contributed by atoms with van der Waals surface area (Å²) in [6.45, 7) is 11.7. The minimum absolute atomic E-state index is 0.104. The molecule has 87 heavy (non-hydrogen) atoms. The number of carbonyl (C=O) groups excluding carboxylic acids is 4. The number of phosphoric acid groups is 2. The smallest absolute Gasteiger partial charge is 0.462 e. The summed E-state index contributed by atoms with van der Waals surface area (Å²) in [6.07, 6.45) is 41.7. The molecule has 0 heterocycles. The van der Waals surface area contributed by atoms with Gasteiger partial charge in [0.1, 0.15) is 19.3 Å². The Bertz CT molecular complexity index is 1720. The monoisotopic (exact) mass is 1280 g/mol. The molecule has 516 valence electrons. The van der Waals surface area contributed by atoms with E-state index in [0.29, 0.717) is 31.6 Å². The Balaban J connectivity index is 5.26. The second-order valence-electron chi connectivity index (χ2n) is 26.0. The van der Waals surface area contributed by atoms with Crippen LogP contribution in [0.15, 0.2) is 0 Å². The standard InChI is InChI=1S/C68H132O17P2/c1-8-9-10-11-12-13-14-15-16-21-29-37-44-51-67(72)84-63(55-78-65(70)49-42-35-28-22-17-19-25-32-39-46-59(2)3)57-82-86(74,75)80-53-62(69)54-81-87(76,77)83-58-64(56-79-66(71)50-43-36-31-24-27-34-41-48-61(6)7)85-68(73)52-45-38-30-23-18-20-26-33-40-47-60(4)5/h59-64,69H,8-58H2,1-7H3,(H,74,75)(H,76,77)/t62-,63-,64-/m1/s1. The van der Waals surface area contributed by atoms with Gasteiger partial charge in [-0.05, 0) is 43.4 Å². The van der Waals surface area contributed by atoms with Gasteiger partial charge in [-0.25, -0.2) is 9.13 Å². The number of unbranched alkanes of at least 4 members (excludes halogenated alkanes) is 34. The summed E-state index contributed by atoms with van der Waals surface area (Å²) < 4.78 is 68.2. The maximum absolute atomic E-state index is 13.0. The number of phosphoric ester groups is 2. The van der Waals surface area contributed by atoms with Crippen molar-refractivity contribution in [1.29, 1.82) is 0 Å². The van der Waals surface area contributed by atoms with E-state index in [4.69, 9.17) is 37.0 Å². The van der Waals surface area contributed by atoms with E-state index in [2.05, 4.69) is 48.5 Å². The van der Waals surface area contributed by atoms with Crippen LogP contribution in [0.2, 0.25) is 0 Å². The van der Waals surface area contributed by atoms with Gasteiger partial charge in [-0.1, -0.05) is 286 Å². The highest BCUT2D eigenvalue weighted by molar-refractivity contribution is 7.47. The van der Waals surface area contributed by atoms with Gasteiger partial charge in [0.15, 0.2) is 12.2 Å². The van der Waals surface area contributed by atoms with Gasteiger partial charge in [0, 0.05) is 25.7 Å². The Morgan fingerprint density at radius 2 is 0.529 bits per heavy atom. The number of rotatable bonds is 66. The fraction of sp³-hybridized carbons (Fsp3) is 0.941. The minimum atomic E-state index is -4.95. The zero-order valence-corrected chi connectivity index (χ0v) is 58.3. The molecule has 0 aliphatic heterocycles. The van der Waals surface area contributed by atoms with Crippen LogP contribution in [0, 0.1) is 17.8 Å². The van der Waals surface area contributed by atoms with E-state index in [-0.39, 0.29) is 25.7 Å². The summed E-state index contributed by atoms with van der Waals surface area (Å²) >= 11 is 0. The highest BCUT2D eigenvalue weighted by Crippen LogP contribution is 2.45. The van der Waals surface area contributed by atoms with Gasteiger partial charge in [-0.3, -0.25) is 37.3 Å². The van der Waals surface area contributed by atoms with Crippen molar-refractivity contribution in [2.24, 2.45) is 17.8 Å². The van der Waals surface area contributed by atoms with Gasteiger partial charge in [-0.2, -0.15) is 0 Å². The van der Waals surface area contributed by atoms with Gasteiger partial charge < -0.3 is 33.8 Å². The third kappa shape index (κ3) is 62.6. The fourth-order valence-electron chi connectivity index (χ4n) is 10.2. The highest BCUT2D eigenvalue weighted by atomic mass is 31.2. The number of ether oxygens (including phenoxy) is 4. The summed E-state index contributed by atoms with van der Waals surface area (Å²) in [5.41, 5.74) is 0. The van der Waals surface area contributed by atoms with Crippen molar-refractivity contribution < 1.29 is 80.2 Å². The Morgan fingerprint density at radius 1 is 0.310 bits per heavy atom. The van der Waals surface area contributed by atoms with Crippen LogP contribution in [0.4, 0.5) is 0 Å². The molecule has 0 aliphatic carbocycles. The van der Waals surface area contributed by atoms with Gasteiger partial charge >= 0.3 is 39.5 Å². The van der Waals surface area contributed by atoms with Gasteiger partial charge in [0.2, 0.25) is 0 Å². The van der Waals surface area contributed by atoms with Crippen molar-refractivity contribution in [3.05, 3.63) is 0 Å². The van der Waals surface area contributed by atoms with Gasteiger partial charge in [0.05, 0.1) is 26.4 Å². The van der Waals surface area contributed by atoms with Crippen molar-refractivity contribution in [2.45, 2.75) is 356 Å². The molecular formula is C68H132O17P2. The van der Waals surface area contributed by atoms with Crippen LogP contribution in [0.5, 0.6) is 0 Å². The molecule has 0 aromatic carbocycles. The average molecular weight is 1280 g/mol. The van der Waals surface area contributed by atoms with E-state index in [0.717, 1.165) is 108 Å². The maximum atomic E-state index is 13.0. The lowest BCUT2D eigenvalue weighted by atomic mass is 10.0. The number of aliphatic hydroxyl groups is 1. The van der Waals surface area contributed by atoms with E-state index >= 15 is 0 Å². The zero-order valence-electron chi connectivity index (χ0n) is 56.5. The number of esters is 4. The molecule has 0 radical (unpaired) electrons. The van der Waals surface area contributed by atoms with Gasteiger partial charge in [-0.15, -0.1) is 0 Å². The highest BCUT2D eigenvalue weighted by Gasteiger charge is 2.30. The van der Waals surface area contributed by atoms with E-state index in [1.165, 1.54) is 141 Å². The first kappa shape index (κ1) is 85.1. The van der Waals surface area contributed by atoms with Crippen LogP contribution in [0.1, 0.15) is 337 Å². The number of aliphatic hydroxyl groups excluding tert-OH is 1. The Labute approximate surface area is 530 Å². The van der Waals surface area contributed by atoms with E-state index in [1.807, 2.05) is 0 Å². The molecule has 0 rings (SSSR count). The Morgan fingerprint density at radius 3 is 0.782 bits per heavy atom. The topological polar surface area (TPSA) is 237 Å². The molecule has 0 aromatic rings. The van der Waals surface area contributed by atoms with Crippen molar-refractivity contribution in [1.82, 2.24) is 0 Å². The molecule has 19 heteroatoms.